The van der Waals surface area contributed by atoms with Crippen LogP contribution in [-0.2, 0) is 42.9 Å². The summed E-state index contributed by atoms with van der Waals surface area (Å²) in [5.74, 6) is -3.99. The second-order valence-electron chi connectivity index (χ2n) is 6.41. The van der Waals surface area contributed by atoms with E-state index in [2.05, 4.69) is 5.32 Å². The van der Waals surface area contributed by atoms with E-state index in [0.717, 1.165) is 33.3 Å². The molecule has 1 N–H and O–H groups in total. The first kappa shape index (κ1) is 24.6. The van der Waals surface area contributed by atoms with Crippen LogP contribution in [0.25, 0.3) is 0 Å². The van der Waals surface area contributed by atoms with E-state index in [9.17, 15) is 24.0 Å². The molecule has 164 valence electrons. The lowest BCUT2D eigenvalue weighted by Crippen LogP contribution is -2.52. The lowest BCUT2D eigenvalue weighted by atomic mass is 10.1. The Balaban J connectivity index is 3.25. The molecule has 0 unspecified atom stereocenters. The fraction of sp³-hybridized carbons (Fsp3) is 0.450. The highest BCUT2D eigenvalue weighted by molar-refractivity contribution is 5.96. The molecule has 30 heavy (non-hydrogen) atoms. The smallest absolute Gasteiger partial charge is 0.303 e. The van der Waals surface area contributed by atoms with Crippen LogP contribution in [0.15, 0.2) is 24.3 Å². The fourth-order valence-corrected chi connectivity index (χ4v) is 2.43. The van der Waals surface area contributed by atoms with Crippen LogP contribution in [0.2, 0.25) is 0 Å². The van der Waals surface area contributed by atoms with Crippen molar-refractivity contribution in [1.82, 2.24) is 0 Å². The molecule has 0 aliphatic rings. The van der Waals surface area contributed by atoms with E-state index in [1.165, 1.54) is 0 Å². The van der Waals surface area contributed by atoms with E-state index in [0.29, 0.717) is 5.69 Å². The van der Waals surface area contributed by atoms with Gasteiger partial charge in [0.05, 0.1) is 0 Å². The molecule has 0 heterocycles. The molecule has 0 saturated carbocycles. The van der Waals surface area contributed by atoms with Crippen molar-refractivity contribution in [2.75, 3.05) is 11.9 Å². The SMILES string of the molecule is CC(=O)OC[C@H](OC(C)=O)[C@@H](OC(C)=O)[C@@H](OC(C)=O)C(=O)Nc1ccc(C)cc1. The number of carbonyl (C=O) groups excluding carboxylic acids is 5. The highest BCUT2D eigenvalue weighted by Gasteiger charge is 2.42. The monoisotopic (exact) mass is 423 g/mol. The van der Waals surface area contributed by atoms with Crippen LogP contribution in [0.5, 0.6) is 0 Å². The van der Waals surface area contributed by atoms with Crippen molar-refractivity contribution in [2.24, 2.45) is 0 Å². The summed E-state index contributed by atoms with van der Waals surface area (Å²) in [5.41, 5.74) is 1.35. The second-order valence-corrected chi connectivity index (χ2v) is 6.41. The van der Waals surface area contributed by atoms with Crippen LogP contribution in [0.3, 0.4) is 0 Å². The Labute approximate surface area is 173 Å². The first-order valence-electron chi connectivity index (χ1n) is 9.02. The third-order valence-corrected chi connectivity index (χ3v) is 3.61. The molecule has 10 heteroatoms. The van der Waals surface area contributed by atoms with E-state index < -0.39 is 54.7 Å². The highest BCUT2D eigenvalue weighted by atomic mass is 16.6. The van der Waals surface area contributed by atoms with Crippen molar-refractivity contribution < 1.29 is 42.9 Å². The first-order valence-corrected chi connectivity index (χ1v) is 9.02. The number of rotatable bonds is 9. The molecule has 0 fully saturated rings. The van der Waals surface area contributed by atoms with Gasteiger partial charge in [-0.05, 0) is 19.1 Å². The van der Waals surface area contributed by atoms with E-state index in [-0.39, 0.29) is 0 Å². The zero-order chi connectivity index (χ0) is 22.8. The molecule has 0 aliphatic carbocycles. The minimum atomic E-state index is -1.69. The number of anilines is 1. The number of hydrogen-bond donors (Lipinski definition) is 1. The molecule has 1 rings (SSSR count). The lowest BCUT2D eigenvalue weighted by Gasteiger charge is -2.30. The molecule has 1 aromatic carbocycles. The van der Waals surface area contributed by atoms with Gasteiger partial charge in [0.1, 0.15) is 6.61 Å². The predicted octanol–water partition coefficient (Wildman–Crippen LogP) is 1.29. The van der Waals surface area contributed by atoms with Crippen LogP contribution in [-0.4, -0.2) is 54.7 Å². The van der Waals surface area contributed by atoms with Crippen molar-refractivity contribution in [2.45, 2.75) is 52.9 Å². The largest absolute Gasteiger partial charge is 0.462 e. The number of nitrogens with one attached hydrogen (secondary N) is 1. The summed E-state index contributed by atoms with van der Waals surface area (Å²) in [6, 6.07) is 6.76. The summed E-state index contributed by atoms with van der Waals surface area (Å²) in [7, 11) is 0. The Morgan fingerprint density at radius 1 is 0.800 bits per heavy atom. The summed E-state index contributed by atoms with van der Waals surface area (Å²) in [6.45, 7) is 5.67. The molecule has 1 amide bonds. The standard InChI is InChI=1S/C20H25NO9/c1-11-6-8-16(9-7-11)21-20(26)19(30-15(5)25)18(29-14(4)24)17(28-13(3)23)10-27-12(2)22/h6-9,17-19H,10H2,1-5H3,(H,21,26)/t17-,18+,19+/m0/s1. The van der Waals surface area contributed by atoms with Crippen molar-refractivity contribution >= 4 is 35.5 Å². The summed E-state index contributed by atoms with van der Waals surface area (Å²) < 4.78 is 20.2. The Morgan fingerprint density at radius 3 is 1.80 bits per heavy atom. The summed E-state index contributed by atoms with van der Waals surface area (Å²) in [6.07, 6.45) is -4.66. The molecule has 0 bridgehead atoms. The minimum Gasteiger partial charge on any atom is -0.462 e. The van der Waals surface area contributed by atoms with Crippen LogP contribution < -0.4 is 5.32 Å². The van der Waals surface area contributed by atoms with E-state index in [1.807, 2.05) is 6.92 Å². The second kappa shape index (κ2) is 11.5. The average molecular weight is 423 g/mol. The number of amides is 1. The van der Waals surface area contributed by atoms with Crippen molar-refractivity contribution in [3.63, 3.8) is 0 Å². The summed E-state index contributed by atoms with van der Waals surface area (Å²) in [5, 5.41) is 2.55. The van der Waals surface area contributed by atoms with Gasteiger partial charge < -0.3 is 24.3 Å². The Bertz CT molecular complexity index is 788. The van der Waals surface area contributed by atoms with Gasteiger partial charge in [-0.3, -0.25) is 24.0 Å². The Kier molecular flexibility index (Phi) is 9.47. The van der Waals surface area contributed by atoms with Gasteiger partial charge in [-0.1, -0.05) is 17.7 Å². The molecule has 0 spiro atoms. The molecule has 1 aromatic rings. The van der Waals surface area contributed by atoms with Gasteiger partial charge in [-0.15, -0.1) is 0 Å². The number of aryl methyl sites for hydroxylation is 1. The van der Waals surface area contributed by atoms with Crippen molar-refractivity contribution in [3.05, 3.63) is 29.8 Å². The van der Waals surface area contributed by atoms with Gasteiger partial charge in [-0.2, -0.15) is 0 Å². The van der Waals surface area contributed by atoms with Gasteiger partial charge in [0.25, 0.3) is 5.91 Å². The quantitative estimate of drug-likeness (QED) is 0.460. The summed E-state index contributed by atoms with van der Waals surface area (Å²) in [4.78, 5) is 58.8. The minimum absolute atomic E-state index is 0.397. The normalized spacial score (nSPS) is 13.2. The first-order chi connectivity index (χ1) is 14.0. The van der Waals surface area contributed by atoms with E-state index in [4.69, 9.17) is 18.9 Å². The maximum Gasteiger partial charge on any atom is 0.303 e. The van der Waals surface area contributed by atoms with Gasteiger partial charge in [0.2, 0.25) is 6.10 Å². The number of esters is 4. The summed E-state index contributed by atoms with van der Waals surface area (Å²) >= 11 is 0. The highest BCUT2D eigenvalue weighted by Crippen LogP contribution is 2.18. The predicted molar refractivity (Wildman–Crippen MR) is 103 cm³/mol. The topological polar surface area (TPSA) is 134 Å². The van der Waals surface area contributed by atoms with Gasteiger partial charge in [0.15, 0.2) is 12.2 Å². The fourth-order valence-electron chi connectivity index (χ4n) is 2.43. The van der Waals surface area contributed by atoms with E-state index >= 15 is 0 Å². The molecule has 0 saturated heterocycles. The molecule has 10 nitrogen and oxygen atoms in total. The Hall–Kier alpha value is -3.43. The van der Waals surface area contributed by atoms with Crippen LogP contribution >= 0.6 is 0 Å². The lowest BCUT2D eigenvalue weighted by molar-refractivity contribution is -0.190. The average Bonchev–Trinajstić information content (AvgIpc) is 2.62. The maximum absolute atomic E-state index is 12.9. The van der Waals surface area contributed by atoms with Gasteiger partial charge >= 0.3 is 23.9 Å². The van der Waals surface area contributed by atoms with Crippen LogP contribution in [0.4, 0.5) is 5.69 Å². The van der Waals surface area contributed by atoms with E-state index in [1.54, 1.807) is 24.3 Å². The van der Waals surface area contributed by atoms with Crippen molar-refractivity contribution in [3.8, 4) is 0 Å². The molecule has 0 radical (unpaired) electrons. The molecular weight excluding hydrogens is 398 g/mol. The number of ether oxygens (including phenoxy) is 4. The third-order valence-electron chi connectivity index (χ3n) is 3.61. The van der Waals surface area contributed by atoms with Crippen LogP contribution in [0.1, 0.15) is 33.3 Å². The van der Waals surface area contributed by atoms with Gasteiger partial charge in [-0.25, -0.2) is 0 Å². The number of hydrogen-bond acceptors (Lipinski definition) is 9. The molecular formula is C20H25NO9. The van der Waals surface area contributed by atoms with Gasteiger partial charge in [0, 0.05) is 33.4 Å². The zero-order valence-corrected chi connectivity index (χ0v) is 17.4. The molecule has 0 aromatic heterocycles. The van der Waals surface area contributed by atoms with Crippen LogP contribution in [0, 0.1) is 6.92 Å². The molecule has 0 aliphatic heterocycles. The number of carbonyl (C=O) groups is 5. The number of benzene rings is 1. The third kappa shape index (κ3) is 8.72. The van der Waals surface area contributed by atoms with Crippen molar-refractivity contribution in [1.29, 1.82) is 0 Å². The maximum atomic E-state index is 12.9. The zero-order valence-electron chi connectivity index (χ0n) is 17.4. The Morgan fingerprint density at radius 2 is 1.33 bits per heavy atom. The molecule has 3 atom stereocenters.